The first-order chi connectivity index (χ1) is 7.81. The molecule has 0 saturated carbocycles. The highest BCUT2D eigenvalue weighted by Gasteiger charge is 2.13. The summed E-state index contributed by atoms with van der Waals surface area (Å²) in [6.45, 7) is 0. The van der Waals surface area contributed by atoms with Crippen molar-refractivity contribution in [3.05, 3.63) is 34.9 Å². The molecule has 0 aromatic heterocycles. The quantitative estimate of drug-likeness (QED) is 0.677. The molecular weight excluding hydrogens is 200 g/mol. The smallest absolute Gasteiger partial charge is 0.338 e. The van der Waals surface area contributed by atoms with E-state index in [1.54, 1.807) is 0 Å². The predicted molar refractivity (Wildman–Crippen MR) is 63.7 cm³/mol. The normalized spacial score (nSPS) is 15.8. The molecular formula is C14H18O2. The number of esters is 1. The van der Waals surface area contributed by atoms with Crippen LogP contribution in [0, 0.1) is 0 Å². The molecule has 0 saturated heterocycles. The number of hydrogen-bond donors (Lipinski definition) is 0. The number of fused-ring (bicyclic) bond motifs is 7. The van der Waals surface area contributed by atoms with Gasteiger partial charge in [-0.1, -0.05) is 25.0 Å². The molecule has 1 aromatic carbocycles. The Labute approximate surface area is 96.6 Å². The zero-order valence-corrected chi connectivity index (χ0v) is 9.79. The first-order valence-corrected chi connectivity index (χ1v) is 6.01. The molecule has 0 unspecified atom stereocenters. The number of hydrogen-bond acceptors (Lipinski definition) is 2. The van der Waals surface area contributed by atoms with Crippen molar-refractivity contribution in [2.75, 3.05) is 7.11 Å². The summed E-state index contributed by atoms with van der Waals surface area (Å²) >= 11 is 0. The second-order valence-corrected chi connectivity index (χ2v) is 4.40. The second kappa shape index (κ2) is 5.15. The summed E-state index contributed by atoms with van der Waals surface area (Å²) in [6, 6.07) is 6.24. The van der Waals surface area contributed by atoms with Gasteiger partial charge in [-0.3, -0.25) is 0 Å². The van der Waals surface area contributed by atoms with Crippen LogP contribution in [0.15, 0.2) is 18.2 Å². The number of carbonyl (C=O) groups is 1. The van der Waals surface area contributed by atoms with Gasteiger partial charge >= 0.3 is 5.97 Å². The van der Waals surface area contributed by atoms with Gasteiger partial charge in [0.2, 0.25) is 0 Å². The molecule has 0 fully saturated rings. The van der Waals surface area contributed by atoms with Gasteiger partial charge in [0.15, 0.2) is 0 Å². The molecule has 2 aliphatic rings. The zero-order chi connectivity index (χ0) is 11.4. The SMILES string of the molecule is COC(=O)c1cc2ccc1CCCCCC2. The maximum absolute atomic E-state index is 11.7. The van der Waals surface area contributed by atoms with E-state index in [1.807, 2.05) is 6.07 Å². The second-order valence-electron chi connectivity index (χ2n) is 4.40. The molecule has 0 atom stereocenters. The Morgan fingerprint density at radius 1 is 1.12 bits per heavy atom. The summed E-state index contributed by atoms with van der Waals surface area (Å²) in [5.74, 6) is -0.197. The van der Waals surface area contributed by atoms with E-state index in [4.69, 9.17) is 4.74 Å². The highest BCUT2D eigenvalue weighted by Crippen LogP contribution is 2.20. The number of methoxy groups -OCH3 is 1. The Morgan fingerprint density at radius 3 is 2.62 bits per heavy atom. The van der Waals surface area contributed by atoms with Crippen LogP contribution < -0.4 is 0 Å². The van der Waals surface area contributed by atoms with Crippen molar-refractivity contribution in [1.82, 2.24) is 0 Å². The highest BCUT2D eigenvalue weighted by molar-refractivity contribution is 5.91. The summed E-state index contributed by atoms with van der Waals surface area (Å²) in [4.78, 5) is 11.7. The summed E-state index contributed by atoms with van der Waals surface area (Å²) in [6.07, 6.45) is 7.02. The summed E-state index contributed by atoms with van der Waals surface area (Å²) < 4.78 is 4.84. The van der Waals surface area contributed by atoms with E-state index in [9.17, 15) is 4.79 Å². The lowest BCUT2D eigenvalue weighted by atomic mass is 9.94. The minimum atomic E-state index is -0.197. The molecule has 16 heavy (non-hydrogen) atoms. The third kappa shape index (κ3) is 2.43. The van der Waals surface area contributed by atoms with E-state index in [0.29, 0.717) is 0 Å². The number of carbonyl (C=O) groups excluding carboxylic acids is 1. The van der Waals surface area contributed by atoms with Crippen LogP contribution in [0.2, 0.25) is 0 Å². The van der Waals surface area contributed by atoms with Crippen molar-refractivity contribution in [3.63, 3.8) is 0 Å². The van der Waals surface area contributed by atoms with Crippen molar-refractivity contribution < 1.29 is 9.53 Å². The lowest BCUT2D eigenvalue weighted by molar-refractivity contribution is 0.0599. The van der Waals surface area contributed by atoms with Crippen LogP contribution in [-0.4, -0.2) is 13.1 Å². The molecule has 0 spiro atoms. The Bertz CT molecular complexity index is 382. The number of ether oxygens (including phenoxy) is 1. The topological polar surface area (TPSA) is 26.3 Å². The molecule has 0 radical (unpaired) electrons. The summed E-state index contributed by atoms with van der Waals surface area (Å²) in [7, 11) is 1.45. The molecule has 1 aromatic rings. The van der Waals surface area contributed by atoms with Crippen LogP contribution in [-0.2, 0) is 17.6 Å². The summed E-state index contributed by atoms with van der Waals surface area (Å²) in [5.41, 5.74) is 3.16. The van der Waals surface area contributed by atoms with Gasteiger partial charge in [-0.15, -0.1) is 0 Å². The standard InChI is InChI=1S/C14H18O2/c1-16-14(15)13-10-11-6-4-2-3-5-7-12(13)9-8-11/h8-10H,2-7H2,1H3. The van der Waals surface area contributed by atoms with E-state index in [0.717, 1.165) is 24.0 Å². The first kappa shape index (κ1) is 11.2. The molecule has 2 bridgehead atoms. The van der Waals surface area contributed by atoms with Crippen LogP contribution in [0.5, 0.6) is 0 Å². The molecule has 2 nitrogen and oxygen atoms in total. The Morgan fingerprint density at radius 2 is 1.88 bits per heavy atom. The van der Waals surface area contributed by atoms with Crippen molar-refractivity contribution >= 4 is 5.97 Å². The Hall–Kier alpha value is -1.31. The van der Waals surface area contributed by atoms with E-state index >= 15 is 0 Å². The van der Waals surface area contributed by atoms with Crippen LogP contribution in [0.4, 0.5) is 0 Å². The monoisotopic (exact) mass is 218 g/mol. The van der Waals surface area contributed by atoms with E-state index in [-0.39, 0.29) is 5.97 Å². The van der Waals surface area contributed by atoms with E-state index in [1.165, 1.54) is 38.4 Å². The van der Waals surface area contributed by atoms with Gasteiger partial charge in [-0.25, -0.2) is 4.79 Å². The van der Waals surface area contributed by atoms with Gasteiger partial charge in [0.1, 0.15) is 0 Å². The van der Waals surface area contributed by atoms with Crippen LogP contribution in [0.25, 0.3) is 0 Å². The average Bonchev–Trinajstić information content (AvgIpc) is 2.35. The van der Waals surface area contributed by atoms with Crippen LogP contribution in [0.3, 0.4) is 0 Å². The Balaban J connectivity index is 2.36. The van der Waals surface area contributed by atoms with E-state index < -0.39 is 0 Å². The Kier molecular flexibility index (Phi) is 3.60. The minimum absolute atomic E-state index is 0.197. The van der Waals surface area contributed by atoms with Crippen LogP contribution in [0.1, 0.15) is 47.2 Å². The largest absolute Gasteiger partial charge is 0.465 e. The maximum Gasteiger partial charge on any atom is 0.338 e. The van der Waals surface area contributed by atoms with Crippen molar-refractivity contribution in [2.45, 2.75) is 38.5 Å². The molecule has 0 amide bonds. The third-order valence-electron chi connectivity index (χ3n) is 3.24. The number of aryl methyl sites for hydroxylation is 2. The van der Waals surface area contributed by atoms with Gasteiger partial charge in [-0.05, 0) is 42.9 Å². The summed E-state index contributed by atoms with van der Waals surface area (Å²) in [5, 5.41) is 0. The molecule has 0 heterocycles. The van der Waals surface area contributed by atoms with Crippen molar-refractivity contribution in [3.8, 4) is 0 Å². The predicted octanol–water partition coefficient (Wildman–Crippen LogP) is 3.13. The molecule has 0 aliphatic heterocycles. The van der Waals surface area contributed by atoms with Gasteiger partial charge in [0.25, 0.3) is 0 Å². The highest BCUT2D eigenvalue weighted by atomic mass is 16.5. The van der Waals surface area contributed by atoms with Crippen LogP contribution >= 0.6 is 0 Å². The fraction of sp³-hybridized carbons (Fsp3) is 0.500. The van der Waals surface area contributed by atoms with Crippen molar-refractivity contribution in [2.24, 2.45) is 0 Å². The van der Waals surface area contributed by atoms with Gasteiger partial charge in [0, 0.05) is 0 Å². The number of benzene rings is 1. The fourth-order valence-corrected chi connectivity index (χ4v) is 2.30. The first-order valence-electron chi connectivity index (χ1n) is 6.01. The van der Waals surface area contributed by atoms with Crippen molar-refractivity contribution in [1.29, 1.82) is 0 Å². The van der Waals surface area contributed by atoms with Gasteiger partial charge in [-0.2, -0.15) is 0 Å². The number of rotatable bonds is 1. The minimum Gasteiger partial charge on any atom is -0.465 e. The molecule has 86 valence electrons. The fourth-order valence-electron chi connectivity index (χ4n) is 2.30. The lowest BCUT2D eigenvalue weighted by Gasteiger charge is -2.12. The molecule has 2 aliphatic carbocycles. The maximum atomic E-state index is 11.7. The van der Waals surface area contributed by atoms with Gasteiger partial charge in [0.05, 0.1) is 12.7 Å². The molecule has 0 N–H and O–H groups in total. The van der Waals surface area contributed by atoms with Gasteiger partial charge < -0.3 is 4.74 Å². The third-order valence-corrected chi connectivity index (χ3v) is 3.24. The zero-order valence-electron chi connectivity index (χ0n) is 9.79. The average molecular weight is 218 g/mol. The van der Waals surface area contributed by atoms with E-state index in [2.05, 4.69) is 12.1 Å². The molecule has 3 rings (SSSR count). The lowest BCUT2D eigenvalue weighted by Crippen LogP contribution is -2.08. The molecule has 2 heteroatoms.